The molecule has 2 aromatic rings. The first kappa shape index (κ1) is 13.4. The molecule has 0 bridgehead atoms. The van der Waals surface area contributed by atoms with E-state index in [1.807, 2.05) is 47.2 Å². The normalized spacial score (nSPS) is 12.0. The minimum Gasteiger partial charge on any atom is -0.369 e. The fourth-order valence-electron chi connectivity index (χ4n) is 1.58. The van der Waals surface area contributed by atoms with Crippen LogP contribution in [0.15, 0.2) is 57.2 Å². The number of hydrazone groups is 1. The molecular weight excluding hydrogens is 306 g/mol. The second-order valence-corrected chi connectivity index (χ2v) is 4.59. The molecule has 6 heteroatoms. The Balaban J connectivity index is 2.26. The Morgan fingerprint density at radius 1 is 1.32 bits per heavy atom. The molecule has 1 heterocycles. The van der Waals surface area contributed by atoms with E-state index in [2.05, 4.69) is 31.4 Å². The van der Waals surface area contributed by atoms with Gasteiger partial charge in [-0.2, -0.15) is 5.10 Å². The van der Waals surface area contributed by atoms with Crippen molar-refractivity contribution in [2.75, 3.05) is 7.05 Å². The summed E-state index contributed by atoms with van der Waals surface area (Å²) < 4.78 is 3.04. The van der Waals surface area contributed by atoms with Crippen LogP contribution in [-0.4, -0.2) is 23.8 Å². The predicted octanol–water partition coefficient (Wildman–Crippen LogP) is 2.11. The van der Waals surface area contributed by atoms with Crippen molar-refractivity contribution in [3.8, 4) is 5.69 Å². The van der Waals surface area contributed by atoms with Crippen molar-refractivity contribution < 1.29 is 0 Å². The summed E-state index contributed by atoms with van der Waals surface area (Å²) in [6, 6.07) is 11.9. The number of rotatable bonds is 3. The average Bonchev–Trinajstić information content (AvgIpc) is 2.87. The molecule has 1 aromatic heterocycles. The number of nitrogens with two attached hydrogens (primary N) is 1. The van der Waals surface area contributed by atoms with Gasteiger partial charge in [-0.3, -0.25) is 4.99 Å². The molecule has 1 aromatic carbocycles. The van der Waals surface area contributed by atoms with Crippen LogP contribution in [0.25, 0.3) is 5.69 Å². The molecule has 2 rings (SSSR count). The second-order valence-electron chi connectivity index (χ2n) is 3.73. The summed E-state index contributed by atoms with van der Waals surface area (Å²) in [5.74, 6) is 0.273. The van der Waals surface area contributed by atoms with Crippen LogP contribution in [-0.2, 0) is 0 Å². The van der Waals surface area contributed by atoms with Crippen LogP contribution in [0, 0.1) is 0 Å². The first-order chi connectivity index (χ1) is 9.22. The molecule has 19 heavy (non-hydrogen) atoms. The molecule has 0 unspecified atom stereocenters. The highest BCUT2D eigenvalue weighted by molar-refractivity contribution is 9.10. The molecule has 98 valence electrons. The van der Waals surface area contributed by atoms with Crippen LogP contribution >= 0.6 is 15.9 Å². The number of halogens is 1. The summed E-state index contributed by atoms with van der Waals surface area (Å²) in [6.07, 6.45) is 3.66. The van der Waals surface area contributed by atoms with Crippen molar-refractivity contribution in [2.45, 2.75) is 0 Å². The van der Waals surface area contributed by atoms with E-state index in [4.69, 9.17) is 5.73 Å². The van der Waals surface area contributed by atoms with Gasteiger partial charge in [0.2, 0.25) is 5.96 Å². The summed E-state index contributed by atoms with van der Waals surface area (Å²) in [5.41, 5.74) is 10.1. The van der Waals surface area contributed by atoms with Crippen LogP contribution in [0.2, 0.25) is 0 Å². The van der Waals surface area contributed by atoms with E-state index < -0.39 is 0 Å². The number of benzene rings is 1. The Morgan fingerprint density at radius 2 is 2.11 bits per heavy atom. The fourth-order valence-corrected chi connectivity index (χ4v) is 2.06. The van der Waals surface area contributed by atoms with Gasteiger partial charge in [-0.05, 0) is 40.2 Å². The summed E-state index contributed by atoms with van der Waals surface area (Å²) in [4.78, 5) is 3.76. The lowest BCUT2D eigenvalue weighted by molar-refractivity contribution is 0.995. The predicted molar refractivity (Wildman–Crippen MR) is 81.7 cm³/mol. The first-order valence-corrected chi connectivity index (χ1v) is 6.45. The summed E-state index contributed by atoms with van der Waals surface area (Å²) in [7, 11) is 1.60. The molecule has 3 N–H and O–H groups in total. The molecule has 0 amide bonds. The van der Waals surface area contributed by atoms with Crippen LogP contribution < -0.4 is 11.2 Å². The molecule has 0 saturated heterocycles. The Labute approximate surface area is 120 Å². The maximum Gasteiger partial charge on any atom is 0.209 e. The zero-order valence-corrected chi connectivity index (χ0v) is 12.0. The number of hydrogen-bond donors (Lipinski definition) is 2. The topological polar surface area (TPSA) is 67.7 Å². The van der Waals surface area contributed by atoms with Gasteiger partial charge in [0, 0.05) is 17.7 Å². The molecule has 0 atom stereocenters. The van der Waals surface area contributed by atoms with Crippen molar-refractivity contribution in [3.05, 3.63) is 52.8 Å². The lowest BCUT2D eigenvalue weighted by Gasteiger charge is -2.08. The van der Waals surface area contributed by atoms with E-state index in [1.165, 1.54) is 0 Å². The Kier molecular flexibility index (Phi) is 4.35. The molecule has 0 spiro atoms. The molecule has 0 saturated carbocycles. The number of aliphatic imine (C=N–C) groups is 1. The largest absolute Gasteiger partial charge is 0.369 e. The highest BCUT2D eigenvalue weighted by atomic mass is 79.9. The maximum absolute atomic E-state index is 5.50. The van der Waals surface area contributed by atoms with E-state index in [9.17, 15) is 0 Å². The van der Waals surface area contributed by atoms with Crippen LogP contribution in [0.4, 0.5) is 0 Å². The minimum absolute atomic E-state index is 0.273. The number of guanidine groups is 1. The second kappa shape index (κ2) is 6.19. The summed E-state index contributed by atoms with van der Waals surface area (Å²) >= 11 is 3.53. The van der Waals surface area contributed by atoms with Gasteiger partial charge >= 0.3 is 0 Å². The average molecular weight is 320 g/mol. The molecular formula is C13H14BrN5. The van der Waals surface area contributed by atoms with E-state index in [-0.39, 0.29) is 5.96 Å². The zero-order chi connectivity index (χ0) is 13.7. The van der Waals surface area contributed by atoms with Crippen molar-refractivity contribution in [1.82, 2.24) is 9.99 Å². The van der Waals surface area contributed by atoms with E-state index in [0.29, 0.717) is 0 Å². The third kappa shape index (κ3) is 3.23. The quantitative estimate of drug-likeness (QED) is 0.517. The lowest BCUT2D eigenvalue weighted by Crippen LogP contribution is -2.26. The van der Waals surface area contributed by atoms with Crippen molar-refractivity contribution in [1.29, 1.82) is 0 Å². The number of aromatic nitrogens is 1. The van der Waals surface area contributed by atoms with Gasteiger partial charge in [0.1, 0.15) is 0 Å². The van der Waals surface area contributed by atoms with Gasteiger partial charge in [-0.1, -0.05) is 12.1 Å². The maximum atomic E-state index is 5.50. The van der Waals surface area contributed by atoms with Crippen LogP contribution in [0.3, 0.4) is 0 Å². The molecule has 0 radical (unpaired) electrons. The molecule has 0 aliphatic carbocycles. The Morgan fingerprint density at radius 3 is 2.84 bits per heavy atom. The zero-order valence-electron chi connectivity index (χ0n) is 10.4. The van der Waals surface area contributed by atoms with Gasteiger partial charge in [0.15, 0.2) is 0 Å². The highest BCUT2D eigenvalue weighted by Crippen LogP contribution is 2.21. The van der Waals surface area contributed by atoms with Crippen molar-refractivity contribution >= 4 is 28.1 Å². The van der Waals surface area contributed by atoms with Gasteiger partial charge in [0.05, 0.1) is 17.6 Å². The smallest absolute Gasteiger partial charge is 0.209 e. The van der Waals surface area contributed by atoms with Crippen molar-refractivity contribution in [3.63, 3.8) is 0 Å². The molecule has 0 aliphatic heterocycles. The monoisotopic (exact) mass is 319 g/mol. The van der Waals surface area contributed by atoms with Gasteiger partial charge < -0.3 is 10.3 Å². The van der Waals surface area contributed by atoms with E-state index in [0.717, 1.165) is 15.9 Å². The number of para-hydroxylation sites is 1. The van der Waals surface area contributed by atoms with Gasteiger partial charge in [0.25, 0.3) is 0 Å². The molecule has 0 fully saturated rings. The summed E-state index contributed by atoms with van der Waals surface area (Å²) in [5, 5.41) is 4.03. The van der Waals surface area contributed by atoms with Gasteiger partial charge in [-0.15, -0.1) is 0 Å². The third-order valence-corrected chi connectivity index (χ3v) is 3.18. The highest BCUT2D eigenvalue weighted by Gasteiger charge is 2.04. The van der Waals surface area contributed by atoms with E-state index >= 15 is 0 Å². The number of nitrogens with one attached hydrogen (secondary N) is 1. The summed E-state index contributed by atoms with van der Waals surface area (Å²) in [6.45, 7) is 0. The van der Waals surface area contributed by atoms with Gasteiger partial charge in [-0.25, -0.2) is 5.43 Å². The fraction of sp³-hybridized carbons (Fsp3) is 0.0769. The Bertz CT molecular complexity index is 615. The number of nitrogens with zero attached hydrogens (tertiary/aromatic N) is 3. The molecule has 0 aliphatic rings. The molecule has 5 nitrogen and oxygen atoms in total. The lowest BCUT2D eigenvalue weighted by atomic mass is 10.3. The Hall–Kier alpha value is -2.08. The van der Waals surface area contributed by atoms with E-state index in [1.54, 1.807) is 13.3 Å². The SMILES string of the molecule is CN=C(N)N/N=C/c1cccn1-c1ccccc1Br. The minimum atomic E-state index is 0.273. The standard InChI is InChI=1S/C13H14BrN5/c1-16-13(15)18-17-9-10-5-4-8-19(10)12-7-3-2-6-11(12)14/h2-9H,1H3,(H3,15,16,18)/b17-9+. The number of hydrogen-bond acceptors (Lipinski definition) is 2. The first-order valence-electron chi connectivity index (χ1n) is 5.66. The van der Waals surface area contributed by atoms with Crippen LogP contribution in [0.5, 0.6) is 0 Å². The third-order valence-electron chi connectivity index (χ3n) is 2.51. The van der Waals surface area contributed by atoms with Crippen LogP contribution in [0.1, 0.15) is 5.69 Å². The van der Waals surface area contributed by atoms with Crippen molar-refractivity contribution in [2.24, 2.45) is 15.8 Å².